The molecule has 2 N–H and O–H groups in total. The lowest BCUT2D eigenvalue weighted by atomic mass is 10.0. The molecule has 2 aromatic rings. The zero-order valence-electron chi connectivity index (χ0n) is 13.9. The van der Waals surface area contributed by atoms with E-state index in [1.54, 1.807) is 6.07 Å². The summed E-state index contributed by atoms with van der Waals surface area (Å²) in [6.45, 7) is 0.920. The minimum Gasteiger partial charge on any atom is -0.491 e. The highest BCUT2D eigenvalue weighted by Gasteiger charge is 2.23. The molecule has 1 aromatic heterocycles. The molecule has 0 saturated heterocycles. The Morgan fingerprint density at radius 1 is 1.44 bits per heavy atom. The Kier molecular flexibility index (Phi) is 4.29. The number of hydrogen-bond acceptors (Lipinski definition) is 3. The highest BCUT2D eigenvalue weighted by atomic mass is 19.1. The lowest BCUT2D eigenvalue weighted by molar-refractivity contribution is 0.212. The van der Waals surface area contributed by atoms with Gasteiger partial charge in [0.1, 0.15) is 24.0 Å². The van der Waals surface area contributed by atoms with Gasteiger partial charge in [-0.15, -0.1) is 0 Å². The van der Waals surface area contributed by atoms with Gasteiger partial charge in [-0.1, -0.05) is 6.07 Å². The van der Waals surface area contributed by atoms with Crippen molar-refractivity contribution in [3.63, 3.8) is 0 Å². The van der Waals surface area contributed by atoms with E-state index >= 15 is 0 Å². The Hall–Kier alpha value is -2.57. The predicted molar refractivity (Wildman–Crippen MR) is 90.1 cm³/mol. The molecule has 25 heavy (non-hydrogen) atoms. The van der Waals surface area contributed by atoms with Gasteiger partial charge in [-0.2, -0.15) is 0 Å². The van der Waals surface area contributed by atoms with E-state index in [0.29, 0.717) is 25.3 Å². The van der Waals surface area contributed by atoms with Gasteiger partial charge >= 0.3 is 6.03 Å². The molecule has 1 aromatic carbocycles. The predicted octanol–water partition coefficient (Wildman–Crippen LogP) is 2.20. The van der Waals surface area contributed by atoms with Crippen molar-refractivity contribution in [3.8, 4) is 5.75 Å². The van der Waals surface area contributed by atoms with Gasteiger partial charge in [0.05, 0.1) is 12.1 Å². The van der Waals surface area contributed by atoms with Crippen molar-refractivity contribution in [1.82, 2.24) is 20.2 Å². The lowest BCUT2D eigenvalue weighted by Gasteiger charge is -2.28. The van der Waals surface area contributed by atoms with Crippen molar-refractivity contribution < 1.29 is 13.9 Å². The van der Waals surface area contributed by atoms with Crippen molar-refractivity contribution in [2.24, 2.45) is 0 Å². The Morgan fingerprint density at radius 3 is 3.28 bits per heavy atom. The van der Waals surface area contributed by atoms with Gasteiger partial charge < -0.3 is 19.9 Å². The van der Waals surface area contributed by atoms with Crippen LogP contribution in [0, 0.1) is 5.82 Å². The number of benzene rings is 1. The van der Waals surface area contributed by atoms with Crippen LogP contribution in [0.2, 0.25) is 0 Å². The Morgan fingerprint density at radius 2 is 2.36 bits per heavy atom. The molecule has 132 valence electrons. The van der Waals surface area contributed by atoms with Gasteiger partial charge in [0, 0.05) is 31.4 Å². The summed E-state index contributed by atoms with van der Waals surface area (Å²) < 4.78 is 20.9. The average molecular weight is 344 g/mol. The molecule has 2 aliphatic heterocycles. The molecule has 4 rings (SSSR count). The average Bonchev–Trinajstić information content (AvgIpc) is 3.09. The number of rotatable bonds is 3. The first-order valence-electron chi connectivity index (χ1n) is 8.66. The first kappa shape index (κ1) is 15.9. The molecular formula is C18H21FN4O2. The zero-order chi connectivity index (χ0) is 17.2. The van der Waals surface area contributed by atoms with Crippen LogP contribution in [-0.4, -0.2) is 34.8 Å². The maximum Gasteiger partial charge on any atom is 0.315 e. The zero-order valence-corrected chi connectivity index (χ0v) is 13.9. The number of nitrogens with one attached hydrogen (secondary N) is 2. The lowest BCUT2D eigenvalue weighted by Crippen LogP contribution is -2.48. The quantitative estimate of drug-likeness (QED) is 0.897. The normalized spacial score (nSPS) is 21.6. The van der Waals surface area contributed by atoms with E-state index in [4.69, 9.17) is 4.74 Å². The Labute approximate surface area is 145 Å². The molecule has 0 bridgehead atoms. The topological polar surface area (TPSA) is 68.2 Å². The second-order valence-electron chi connectivity index (χ2n) is 6.62. The molecule has 3 heterocycles. The van der Waals surface area contributed by atoms with E-state index in [-0.39, 0.29) is 23.9 Å². The molecule has 2 amide bonds. The number of fused-ring (bicyclic) bond motifs is 2. The van der Waals surface area contributed by atoms with Crippen molar-refractivity contribution in [2.45, 2.75) is 37.8 Å². The molecule has 0 saturated carbocycles. The number of nitrogens with zero attached hydrogens (tertiary/aromatic N) is 2. The van der Waals surface area contributed by atoms with Crippen LogP contribution < -0.4 is 15.4 Å². The Bertz CT molecular complexity index is 776. The van der Waals surface area contributed by atoms with Crippen LogP contribution in [0.4, 0.5) is 9.18 Å². The number of halogens is 1. The van der Waals surface area contributed by atoms with Gasteiger partial charge in [-0.3, -0.25) is 0 Å². The molecule has 6 nitrogen and oxygen atoms in total. The molecule has 7 heteroatoms. The SMILES string of the molecule is O=C(NCC1CCCc2nccn21)NC1COc2cc(F)ccc2C1. The minimum atomic E-state index is -0.311. The van der Waals surface area contributed by atoms with E-state index in [2.05, 4.69) is 20.2 Å². The molecular weight excluding hydrogens is 323 g/mol. The number of urea groups is 1. The van der Waals surface area contributed by atoms with Crippen LogP contribution in [0.5, 0.6) is 5.75 Å². The monoisotopic (exact) mass is 344 g/mol. The van der Waals surface area contributed by atoms with E-state index in [1.807, 2.05) is 12.4 Å². The molecule has 2 aliphatic rings. The number of hydrogen-bond donors (Lipinski definition) is 2. The minimum absolute atomic E-state index is 0.117. The molecule has 0 fully saturated rings. The van der Waals surface area contributed by atoms with E-state index < -0.39 is 0 Å². The fraction of sp³-hybridized carbons (Fsp3) is 0.444. The van der Waals surface area contributed by atoms with Crippen LogP contribution in [0.15, 0.2) is 30.6 Å². The van der Waals surface area contributed by atoms with Crippen molar-refractivity contribution in [1.29, 1.82) is 0 Å². The number of imidazole rings is 1. The summed E-state index contributed by atoms with van der Waals surface area (Å²) in [5.41, 5.74) is 0.910. The fourth-order valence-electron chi connectivity index (χ4n) is 3.59. The second kappa shape index (κ2) is 6.74. The van der Waals surface area contributed by atoms with Gasteiger partial charge in [-0.25, -0.2) is 14.2 Å². The van der Waals surface area contributed by atoms with E-state index in [9.17, 15) is 9.18 Å². The van der Waals surface area contributed by atoms with Gasteiger partial charge in [0.15, 0.2) is 0 Å². The molecule has 0 aliphatic carbocycles. The summed E-state index contributed by atoms with van der Waals surface area (Å²) in [6, 6.07) is 4.44. The maximum absolute atomic E-state index is 13.2. The third kappa shape index (κ3) is 3.45. The summed E-state index contributed by atoms with van der Waals surface area (Å²) in [4.78, 5) is 16.6. The second-order valence-corrected chi connectivity index (χ2v) is 6.62. The number of aromatic nitrogens is 2. The Balaban J connectivity index is 1.30. The highest BCUT2D eigenvalue weighted by Crippen LogP contribution is 2.25. The number of carbonyl (C=O) groups excluding carboxylic acids is 1. The molecule has 0 radical (unpaired) electrons. The number of aryl methyl sites for hydroxylation is 1. The first-order valence-corrected chi connectivity index (χ1v) is 8.66. The third-order valence-electron chi connectivity index (χ3n) is 4.85. The molecule has 2 unspecified atom stereocenters. The van der Waals surface area contributed by atoms with Crippen LogP contribution >= 0.6 is 0 Å². The van der Waals surface area contributed by atoms with Gasteiger partial charge in [0.25, 0.3) is 0 Å². The third-order valence-corrected chi connectivity index (χ3v) is 4.85. The summed E-state index contributed by atoms with van der Waals surface area (Å²) in [7, 11) is 0. The van der Waals surface area contributed by atoms with Crippen LogP contribution in [0.1, 0.15) is 30.3 Å². The van der Waals surface area contributed by atoms with Crippen molar-refractivity contribution in [3.05, 3.63) is 47.8 Å². The van der Waals surface area contributed by atoms with Gasteiger partial charge in [0.2, 0.25) is 0 Å². The van der Waals surface area contributed by atoms with E-state index in [1.165, 1.54) is 12.1 Å². The summed E-state index contributed by atoms with van der Waals surface area (Å²) in [5, 5.41) is 5.89. The summed E-state index contributed by atoms with van der Waals surface area (Å²) in [6.07, 6.45) is 7.55. The smallest absolute Gasteiger partial charge is 0.315 e. The van der Waals surface area contributed by atoms with Crippen molar-refractivity contribution in [2.75, 3.05) is 13.2 Å². The first-order chi connectivity index (χ1) is 12.2. The largest absolute Gasteiger partial charge is 0.491 e. The van der Waals surface area contributed by atoms with Crippen molar-refractivity contribution >= 4 is 6.03 Å². The summed E-state index contributed by atoms with van der Waals surface area (Å²) >= 11 is 0. The van der Waals surface area contributed by atoms with Crippen LogP contribution in [0.25, 0.3) is 0 Å². The van der Waals surface area contributed by atoms with Crippen LogP contribution in [0.3, 0.4) is 0 Å². The van der Waals surface area contributed by atoms with E-state index in [0.717, 1.165) is 30.7 Å². The van der Waals surface area contributed by atoms with Crippen LogP contribution in [-0.2, 0) is 12.8 Å². The highest BCUT2D eigenvalue weighted by molar-refractivity contribution is 5.74. The number of ether oxygens (including phenoxy) is 1. The number of amides is 2. The molecule has 0 spiro atoms. The fourth-order valence-corrected chi connectivity index (χ4v) is 3.59. The van der Waals surface area contributed by atoms with Gasteiger partial charge in [-0.05, 0) is 30.9 Å². The standard InChI is InChI=1S/C18H21FN4O2/c19-13-5-4-12-8-14(11-25-16(12)9-13)22-18(24)21-10-15-2-1-3-17-20-6-7-23(15)17/h4-7,9,14-15H,1-3,8,10-11H2,(H2,21,22,24). The maximum atomic E-state index is 13.2. The molecule has 2 atom stereocenters. The number of carbonyl (C=O) groups is 1. The summed E-state index contributed by atoms with van der Waals surface area (Å²) in [5.74, 6) is 1.34.